The molecule has 0 rings (SSSR count). The van der Waals surface area contributed by atoms with Crippen LogP contribution in [0, 0.1) is 0 Å². The molecule has 0 aliphatic heterocycles. The van der Waals surface area contributed by atoms with E-state index >= 15 is 0 Å². The molecule has 0 aromatic carbocycles. The summed E-state index contributed by atoms with van der Waals surface area (Å²) in [6.45, 7) is 0. The molecule has 0 saturated heterocycles. The molecule has 3 heteroatoms. The Labute approximate surface area is 42.1 Å². The van der Waals surface area contributed by atoms with Gasteiger partial charge in [0.2, 0.25) is 0 Å². The van der Waals surface area contributed by atoms with Gasteiger partial charge in [-0.25, -0.2) is 0 Å². The zero-order valence-corrected chi connectivity index (χ0v) is 4.00. The Morgan fingerprint density at radius 3 is 2.57 bits per heavy atom. The van der Waals surface area contributed by atoms with E-state index in [0.717, 1.165) is 6.29 Å². The number of aliphatic hydroxyl groups is 1. The van der Waals surface area contributed by atoms with Crippen molar-refractivity contribution in [3.8, 4) is 0 Å². The molecule has 0 radical (unpaired) electrons. The van der Waals surface area contributed by atoms with Gasteiger partial charge in [-0.15, -0.1) is 0 Å². The van der Waals surface area contributed by atoms with E-state index < -0.39 is 6.23 Å². The van der Waals surface area contributed by atoms with Crippen LogP contribution in [0.25, 0.3) is 0 Å². The number of aliphatic hydroxyl groups excluding tert-OH is 1. The fourth-order valence-corrected chi connectivity index (χ4v) is 0.239. The highest BCUT2D eigenvalue weighted by atomic mass is 16.3. The fourth-order valence-electron chi connectivity index (χ4n) is 0.239. The number of aldehydes is 1. The predicted molar refractivity (Wildman–Crippen MR) is 25.5 cm³/mol. The van der Waals surface area contributed by atoms with Gasteiger partial charge in [0, 0.05) is 6.42 Å². The zero-order chi connectivity index (χ0) is 5.70. The number of carbonyl (C=O) groups is 1. The maximum Gasteiger partial charge on any atom is 0.120 e. The van der Waals surface area contributed by atoms with Gasteiger partial charge in [0.25, 0.3) is 0 Å². The normalized spacial score (nSPS) is 13.4. The minimum absolute atomic E-state index is 0.345. The molecule has 0 aliphatic rings. The van der Waals surface area contributed by atoms with Crippen LogP contribution in [0.3, 0.4) is 0 Å². The van der Waals surface area contributed by atoms with Crippen LogP contribution >= 0.6 is 0 Å². The quantitative estimate of drug-likeness (QED) is 0.364. The Morgan fingerprint density at radius 2 is 2.43 bits per heavy atom. The standard InChI is InChI=1S/C4H9NO2/c5-4(7)2-1-3-6/h3-4,7H,1-2,5H2/t4-/m0/s1. The van der Waals surface area contributed by atoms with E-state index in [-0.39, 0.29) is 0 Å². The lowest BCUT2D eigenvalue weighted by molar-refractivity contribution is -0.108. The Hall–Kier alpha value is -0.410. The summed E-state index contributed by atoms with van der Waals surface area (Å²) >= 11 is 0. The second-order valence-corrected chi connectivity index (χ2v) is 1.31. The van der Waals surface area contributed by atoms with Gasteiger partial charge in [0.05, 0.1) is 0 Å². The first kappa shape index (κ1) is 6.59. The molecule has 0 bridgehead atoms. The highest BCUT2D eigenvalue weighted by molar-refractivity contribution is 5.49. The molecule has 0 fully saturated rings. The topological polar surface area (TPSA) is 63.3 Å². The van der Waals surface area contributed by atoms with Crippen molar-refractivity contribution < 1.29 is 9.90 Å². The van der Waals surface area contributed by atoms with Gasteiger partial charge in [-0.3, -0.25) is 0 Å². The van der Waals surface area contributed by atoms with Gasteiger partial charge in [0.15, 0.2) is 0 Å². The van der Waals surface area contributed by atoms with Gasteiger partial charge in [-0.1, -0.05) is 0 Å². The highest BCUT2D eigenvalue weighted by Crippen LogP contribution is 1.84. The van der Waals surface area contributed by atoms with Gasteiger partial charge in [0.1, 0.15) is 12.5 Å². The van der Waals surface area contributed by atoms with E-state index in [1.165, 1.54) is 0 Å². The second kappa shape index (κ2) is 3.77. The van der Waals surface area contributed by atoms with Crippen molar-refractivity contribution in [1.29, 1.82) is 0 Å². The van der Waals surface area contributed by atoms with E-state index in [1.54, 1.807) is 0 Å². The van der Waals surface area contributed by atoms with Crippen LogP contribution in [-0.2, 0) is 4.79 Å². The van der Waals surface area contributed by atoms with E-state index in [0.29, 0.717) is 12.8 Å². The Kier molecular flexibility index (Phi) is 3.55. The smallest absolute Gasteiger partial charge is 0.120 e. The molecule has 0 aliphatic carbocycles. The van der Waals surface area contributed by atoms with Crippen LogP contribution in [0.5, 0.6) is 0 Å². The van der Waals surface area contributed by atoms with Crippen LogP contribution < -0.4 is 5.73 Å². The van der Waals surface area contributed by atoms with Crippen LogP contribution in [0.4, 0.5) is 0 Å². The molecule has 0 unspecified atom stereocenters. The molecule has 7 heavy (non-hydrogen) atoms. The predicted octanol–water partition coefficient (Wildman–Crippen LogP) is -0.757. The SMILES string of the molecule is N[C@@H](O)CCC=O. The number of nitrogens with two attached hydrogens (primary N) is 1. The van der Waals surface area contributed by atoms with Crippen molar-refractivity contribution in [2.45, 2.75) is 19.1 Å². The fraction of sp³-hybridized carbons (Fsp3) is 0.750. The highest BCUT2D eigenvalue weighted by Gasteiger charge is 1.90. The van der Waals surface area contributed by atoms with Gasteiger partial charge in [-0.2, -0.15) is 0 Å². The van der Waals surface area contributed by atoms with E-state index in [1.807, 2.05) is 0 Å². The third kappa shape index (κ3) is 5.59. The molecule has 0 aromatic rings. The summed E-state index contributed by atoms with van der Waals surface area (Å²) in [6, 6.07) is 0. The maximum absolute atomic E-state index is 9.54. The molecule has 3 nitrogen and oxygen atoms in total. The summed E-state index contributed by atoms with van der Waals surface area (Å²) < 4.78 is 0. The van der Waals surface area contributed by atoms with E-state index in [9.17, 15) is 4.79 Å². The van der Waals surface area contributed by atoms with Gasteiger partial charge < -0.3 is 15.6 Å². The van der Waals surface area contributed by atoms with E-state index in [4.69, 9.17) is 10.8 Å². The summed E-state index contributed by atoms with van der Waals surface area (Å²) in [4.78, 5) is 9.54. The van der Waals surface area contributed by atoms with Crippen molar-refractivity contribution in [3.63, 3.8) is 0 Å². The van der Waals surface area contributed by atoms with Crippen LogP contribution in [-0.4, -0.2) is 17.6 Å². The van der Waals surface area contributed by atoms with Crippen LogP contribution in [0.1, 0.15) is 12.8 Å². The first-order valence-electron chi connectivity index (χ1n) is 2.14. The number of carbonyl (C=O) groups excluding carboxylic acids is 1. The lowest BCUT2D eigenvalue weighted by Crippen LogP contribution is -2.17. The average molecular weight is 103 g/mol. The van der Waals surface area contributed by atoms with Gasteiger partial charge in [-0.05, 0) is 6.42 Å². The number of hydrogen-bond donors (Lipinski definition) is 2. The summed E-state index contributed by atoms with van der Waals surface area (Å²) in [6.07, 6.45) is 0.613. The summed E-state index contributed by atoms with van der Waals surface area (Å²) in [5.74, 6) is 0. The van der Waals surface area contributed by atoms with Crippen molar-refractivity contribution in [2.24, 2.45) is 5.73 Å². The molecule has 42 valence electrons. The molecule has 0 amide bonds. The third-order valence-corrected chi connectivity index (χ3v) is 0.580. The third-order valence-electron chi connectivity index (χ3n) is 0.580. The largest absolute Gasteiger partial charge is 0.379 e. The van der Waals surface area contributed by atoms with Gasteiger partial charge >= 0.3 is 0 Å². The average Bonchev–Trinajstić information content (AvgIpc) is 1.61. The maximum atomic E-state index is 9.54. The Bertz CT molecular complexity index is 53.7. The van der Waals surface area contributed by atoms with Crippen LogP contribution in [0.2, 0.25) is 0 Å². The second-order valence-electron chi connectivity index (χ2n) is 1.31. The van der Waals surface area contributed by atoms with Crippen molar-refractivity contribution in [3.05, 3.63) is 0 Å². The Balaban J connectivity index is 2.81. The van der Waals surface area contributed by atoms with Crippen molar-refractivity contribution in [1.82, 2.24) is 0 Å². The lowest BCUT2D eigenvalue weighted by atomic mass is 10.3. The van der Waals surface area contributed by atoms with Crippen molar-refractivity contribution in [2.75, 3.05) is 0 Å². The lowest BCUT2D eigenvalue weighted by Gasteiger charge is -1.95. The molecular weight excluding hydrogens is 94.0 g/mol. The van der Waals surface area contributed by atoms with E-state index in [2.05, 4.69) is 0 Å². The molecule has 0 heterocycles. The monoisotopic (exact) mass is 103 g/mol. The summed E-state index contributed by atoms with van der Waals surface area (Å²) in [5, 5.41) is 8.30. The molecule has 0 aromatic heterocycles. The molecule has 0 spiro atoms. The van der Waals surface area contributed by atoms with Crippen molar-refractivity contribution >= 4 is 6.29 Å². The first-order chi connectivity index (χ1) is 3.27. The summed E-state index contributed by atoms with van der Waals surface area (Å²) in [5.41, 5.74) is 4.88. The minimum atomic E-state index is -0.829. The molecular formula is C4H9NO2. The summed E-state index contributed by atoms with van der Waals surface area (Å²) in [7, 11) is 0. The molecule has 1 atom stereocenters. The number of hydrogen-bond acceptors (Lipinski definition) is 3. The number of rotatable bonds is 3. The molecule has 3 N–H and O–H groups in total. The molecule has 0 saturated carbocycles. The zero-order valence-electron chi connectivity index (χ0n) is 4.00. The van der Waals surface area contributed by atoms with Crippen LogP contribution in [0.15, 0.2) is 0 Å². The Morgan fingerprint density at radius 1 is 1.86 bits per heavy atom. The minimum Gasteiger partial charge on any atom is -0.379 e. The first-order valence-corrected chi connectivity index (χ1v) is 2.14.